The summed E-state index contributed by atoms with van der Waals surface area (Å²) in [5, 5.41) is 9.33. The van der Waals surface area contributed by atoms with Crippen molar-refractivity contribution >= 4 is 23.6 Å². The quantitative estimate of drug-likeness (QED) is 0.925. The predicted octanol–water partition coefficient (Wildman–Crippen LogP) is 2.53. The molecule has 1 aliphatic heterocycles. The van der Waals surface area contributed by atoms with Gasteiger partial charge in [0.1, 0.15) is 5.69 Å². The van der Waals surface area contributed by atoms with E-state index in [1.54, 1.807) is 6.07 Å². The molecule has 1 saturated heterocycles. The lowest BCUT2D eigenvalue weighted by Gasteiger charge is -2.24. The van der Waals surface area contributed by atoms with E-state index in [0.29, 0.717) is 10.8 Å². The first-order valence-electron chi connectivity index (χ1n) is 7.22. The number of carbonyl (C=O) groups excluding carboxylic acids is 1. The van der Waals surface area contributed by atoms with Crippen LogP contribution in [0.1, 0.15) is 47.0 Å². The topological polar surface area (TPSA) is 70.5 Å². The fourth-order valence-electron chi connectivity index (χ4n) is 2.49. The van der Waals surface area contributed by atoms with Gasteiger partial charge in [-0.3, -0.25) is 4.79 Å². The van der Waals surface area contributed by atoms with Gasteiger partial charge in [0.15, 0.2) is 0 Å². The van der Waals surface area contributed by atoms with E-state index >= 15 is 0 Å². The van der Waals surface area contributed by atoms with Gasteiger partial charge in [-0.05, 0) is 30.7 Å². The lowest BCUT2D eigenvalue weighted by molar-refractivity contribution is 0.0687. The molecule has 1 unspecified atom stereocenters. The third-order valence-corrected chi connectivity index (χ3v) is 4.74. The SMILES string of the molecule is CCSC1CCCCN(C(=O)c2ccc(C(=O)O)nc2)C1. The first-order chi connectivity index (χ1) is 10.1. The number of carboxylic acid groups (broad SMARTS) is 1. The zero-order valence-corrected chi connectivity index (χ0v) is 12.9. The maximum Gasteiger partial charge on any atom is 0.354 e. The largest absolute Gasteiger partial charge is 0.477 e. The van der Waals surface area contributed by atoms with E-state index < -0.39 is 5.97 Å². The number of pyridine rings is 1. The number of nitrogens with zero attached hydrogens (tertiary/aromatic N) is 2. The number of rotatable bonds is 4. The number of carbonyl (C=O) groups is 2. The van der Waals surface area contributed by atoms with Crippen LogP contribution in [-0.4, -0.2) is 51.0 Å². The van der Waals surface area contributed by atoms with Crippen LogP contribution in [0.5, 0.6) is 0 Å². The van der Waals surface area contributed by atoms with Gasteiger partial charge < -0.3 is 10.0 Å². The van der Waals surface area contributed by atoms with E-state index in [0.717, 1.165) is 38.1 Å². The number of hydrogen-bond donors (Lipinski definition) is 1. The fraction of sp³-hybridized carbons (Fsp3) is 0.533. The van der Waals surface area contributed by atoms with Gasteiger partial charge in [0, 0.05) is 24.5 Å². The Balaban J connectivity index is 2.08. The molecule has 0 spiro atoms. The molecule has 2 rings (SSSR count). The molecule has 0 aliphatic carbocycles. The Morgan fingerprint density at radius 2 is 2.24 bits per heavy atom. The Labute approximate surface area is 128 Å². The molecule has 6 heteroatoms. The molecule has 0 bridgehead atoms. The van der Waals surface area contributed by atoms with Crippen molar-refractivity contribution in [1.82, 2.24) is 9.88 Å². The average Bonchev–Trinajstić information content (AvgIpc) is 2.72. The molecule has 0 saturated carbocycles. The van der Waals surface area contributed by atoms with Gasteiger partial charge >= 0.3 is 5.97 Å². The van der Waals surface area contributed by atoms with E-state index in [9.17, 15) is 9.59 Å². The summed E-state index contributed by atoms with van der Waals surface area (Å²) in [6, 6.07) is 2.93. The van der Waals surface area contributed by atoms with Crippen molar-refractivity contribution in [1.29, 1.82) is 0 Å². The molecule has 1 atom stereocenters. The van der Waals surface area contributed by atoms with Crippen LogP contribution in [0, 0.1) is 0 Å². The minimum absolute atomic E-state index is 0.0400. The van der Waals surface area contributed by atoms with E-state index in [1.165, 1.54) is 12.3 Å². The molecular weight excluding hydrogens is 288 g/mol. The summed E-state index contributed by atoms with van der Waals surface area (Å²) in [4.78, 5) is 29.0. The molecule has 1 aromatic rings. The van der Waals surface area contributed by atoms with Crippen molar-refractivity contribution in [3.8, 4) is 0 Å². The van der Waals surface area contributed by atoms with E-state index in [1.807, 2.05) is 16.7 Å². The smallest absolute Gasteiger partial charge is 0.354 e. The molecule has 2 heterocycles. The molecule has 0 radical (unpaired) electrons. The van der Waals surface area contributed by atoms with E-state index in [4.69, 9.17) is 5.11 Å². The Hall–Kier alpha value is -1.56. The number of aromatic carboxylic acids is 1. The maximum atomic E-state index is 12.5. The van der Waals surface area contributed by atoms with Crippen LogP contribution in [-0.2, 0) is 0 Å². The van der Waals surface area contributed by atoms with Crippen LogP contribution < -0.4 is 0 Å². The van der Waals surface area contributed by atoms with Crippen molar-refractivity contribution in [3.05, 3.63) is 29.6 Å². The van der Waals surface area contributed by atoms with Gasteiger partial charge in [-0.1, -0.05) is 13.3 Å². The molecule has 1 amide bonds. The van der Waals surface area contributed by atoms with Crippen LogP contribution in [0.3, 0.4) is 0 Å². The Kier molecular flexibility index (Phi) is 5.61. The van der Waals surface area contributed by atoms with Crippen molar-refractivity contribution in [3.63, 3.8) is 0 Å². The minimum atomic E-state index is -1.08. The highest BCUT2D eigenvalue weighted by atomic mass is 32.2. The minimum Gasteiger partial charge on any atom is -0.477 e. The monoisotopic (exact) mass is 308 g/mol. The summed E-state index contributed by atoms with van der Waals surface area (Å²) in [6.07, 6.45) is 4.68. The van der Waals surface area contributed by atoms with Crippen molar-refractivity contribution < 1.29 is 14.7 Å². The highest BCUT2D eigenvalue weighted by Crippen LogP contribution is 2.23. The molecule has 1 aliphatic rings. The number of hydrogen-bond acceptors (Lipinski definition) is 4. The molecule has 1 N–H and O–H groups in total. The van der Waals surface area contributed by atoms with Crippen LogP contribution in [0.2, 0.25) is 0 Å². The van der Waals surface area contributed by atoms with Gasteiger partial charge in [0.05, 0.1) is 5.56 Å². The second-order valence-electron chi connectivity index (χ2n) is 5.06. The number of likely N-dealkylation sites (tertiary alicyclic amines) is 1. The summed E-state index contributed by atoms with van der Waals surface area (Å²) in [6.45, 7) is 3.66. The van der Waals surface area contributed by atoms with Gasteiger partial charge in [-0.2, -0.15) is 11.8 Å². The summed E-state index contributed by atoms with van der Waals surface area (Å²) in [5.74, 6) is -0.0760. The zero-order valence-electron chi connectivity index (χ0n) is 12.1. The molecule has 0 aromatic carbocycles. The maximum absolute atomic E-state index is 12.5. The standard InChI is InChI=1S/C15H20N2O3S/c1-2-21-12-5-3-4-8-17(10-12)14(18)11-6-7-13(15(19)20)16-9-11/h6-7,9,12H,2-5,8,10H2,1H3,(H,19,20). The van der Waals surface area contributed by atoms with Crippen LogP contribution in [0.15, 0.2) is 18.3 Å². The Morgan fingerprint density at radius 1 is 1.43 bits per heavy atom. The van der Waals surface area contributed by atoms with Gasteiger partial charge in [-0.25, -0.2) is 9.78 Å². The summed E-state index contributed by atoms with van der Waals surface area (Å²) >= 11 is 1.90. The third-order valence-electron chi connectivity index (χ3n) is 3.55. The summed E-state index contributed by atoms with van der Waals surface area (Å²) < 4.78 is 0. The van der Waals surface area contributed by atoms with Gasteiger partial charge in [-0.15, -0.1) is 0 Å². The van der Waals surface area contributed by atoms with E-state index in [2.05, 4.69) is 11.9 Å². The zero-order chi connectivity index (χ0) is 15.2. The normalized spacial score (nSPS) is 19.1. The first-order valence-corrected chi connectivity index (χ1v) is 8.27. The summed E-state index contributed by atoms with van der Waals surface area (Å²) in [7, 11) is 0. The number of carboxylic acids is 1. The first kappa shape index (κ1) is 15.8. The molecule has 5 nitrogen and oxygen atoms in total. The van der Waals surface area contributed by atoms with Crippen molar-refractivity contribution in [2.75, 3.05) is 18.8 Å². The fourth-order valence-corrected chi connectivity index (χ4v) is 3.58. The molecule has 1 fully saturated rings. The highest BCUT2D eigenvalue weighted by molar-refractivity contribution is 7.99. The summed E-state index contributed by atoms with van der Waals surface area (Å²) in [5.41, 5.74) is 0.420. The second-order valence-corrected chi connectivity index (χ2v) is 6.64. The Morgan fingerprint density at radius 3 is 2.86 bits per heavy atom. The van der Waals surface area contributed by atoms with E-state index in [-0.39, 0.29) is 11.6 Å². The van der Waals surface area contributed by atoms with Crippen LogP contribution in [0.25, 0.3) is 0 Å². The number of amides is 1. The molecular formula is C15H20N2O3S. The number of thioether (sulfide) groups is 1. The predicted molar refractivity (Wildman–Crippen MR) is 82.9 cm³/mol. The third kappa shape index (κ3) is 4.20. The average molecular weight is 308 g/mol. The van der Waals surface area contributed by atoms with Gasteiger partial charge in [0.2, 0.25) is 0 Å². The second kappa shape index (κ2) is 7.45. The lowest BCUT2D eigenvalue weighted by Crippen LogP contribution is -2.35. The van der Waals surface area contributed by atoms with Crippen molar-refractivity contribution in [2.24, 2.45) is 0 Å². The van der Waals surface area contributed by atoms with Crippen LogP contribution >= 0.6 is 11.8 Å². The van der Waals surface area contributed by atoms with Gasteiger partial charge in [0.25, 0.3) is 5.91 Å². The highest BCUT2D eigenvalue weighted by Gasteiger charge is 2.23. The molecule has 21 heavy (non-hydrogen) atoms. The van der Waals surface area contributed by atoms with Crippen molar-refractivity contribution in [2.45, 2.75) is 31.4 Å². The number of aromatic nitrogens is 1. The Bertz CT molecular complexity index is 504. The molecule has 114 valence electrons. The lowest BCUT2D eigenvalue weighted by atomic mass is 10.2. The van der Waals surface area contributed by atoms with Crippen LogP contribution in [0.4, 0.5) is 0 Å². The molecule has 1 aromatic heterocycles.